The maximum absolute atomic E-state index is 6.10. The van der Waals surface area contributed by atoms with E-state index in [9.17, 15) is 0 Å². The molecule has 8 heteroatoms. The number of hydrogen-bond donors (Lipinski definition) is 2. The number of nitrogens with two attached hydrogens (primary N) is 2. The Bertz CT molecular complexity index is 1040. The summed E-state index contributed by atoms with van der Waals surface area (Å²) in [6.07, 6.45) is 5.42. The molecule has 6 nitrogen and oxygen atoms in total. The number of nitrogens with zero attached hydrogens (tertiary/aromatic N) is 4. The molecule has 0 aliphatic rings. The van der Waals surface area contributed by atoms with Crippen molar-refractivity contribution in [3.8, 4) is 22.5 Å². The summed E-state index contributed by atoms with van der Waals surface area (Å²) in [5.74, 6) is 1.01. The van der Waals surface area contributed by atoms with E-state index in [2.05, 4.69) is 9.97 Å². The lowest BCUT2D eigenvalue weighted by atomic mass is 10.1. The molecule has 2 aromatic heterocycles. The van der Waals surface area contributed by atoms with Crippen LogP contribution >= 0.6 is 23.2 Å². The van der Waals surface area contributed by atoms with Crippen molar-refractivity contribution in [1.82, 2.24) is 19.1 Å². The minimum Gasteiger partial charge on any atom is -0.369 e. The molecule has 0 saturated heterocycles. The fourth-order valence-corrected chi connectivity index (χ4v) is 3.74. The maximum Gasteiger partial charge on any atom is 0.200 e. The molecule has 0 bridgehead atoms. The topological polar surface area (TPSA) is 87.7 Å². The first-order chi connectivity index (χ1) is 14.5. The molecule has 0 aliphatic carbocycles. The first kappa shape index (κ1) is 20.3. The number of aromatic nitrogens is 4. The smallest absolute Gasteiger partial charge is 0.200 e. The fourth-order valence-electron chi connectivity index (χ4n) is 3.49. The van der Waals surface area contributed by atoms with Gasteiger partial charge in [-0.3, -0.25) is 0 Å². The van der Waals surface area contributed by atoms with Crippen molar-refractivity contribution in [2.45, 2.75) is 25.9 Å². The van der Waals surface area contributed by atoms with Gasteiger partial charge in [0.2, 0.25) is 11.9 Å². The Morgan fingerprint density at radius 2 is 1.00 bits per heavy atom. The van der Waals surface area contributed by atoms with Gasteiger partial charge in [-0.15, -0.1) is 0 Å². The van der Waals surface area contributed by atoms with Gasteiger partial charge in [0.15, 0.2) is 0 Å². The van der Waals surface area contributed by atoms with Crippen LogP contribution in [0.3, 0.4) is 0 Å². The highest BCUT2D eigenvalue weighted by molar-refractivity contribution is 6.30. The van der Waals surface area contributed by atoms with E-state index in [1.54, 1.807) is 12.4 Å². The highest BCUT2D eigenvalue weighted by atomic mass is 35.5. The third-order valence-corrected chi connectivity index (χ3v) is 5.57. The molecule has 2 heterocycles. The largest absolute Gasteiger partial charge is 0.369 e. The van der Waals surface area contributed by atoms with E-state index in [1.807, 2.05) is 57.7 Å². The molecule has 0 fully saturated rings. The Kier molecular flexibility index (Phi) is 5.97. The van der Waals surface area contributed by atoms with Gasteiger partial charge in [-0.1, -0.05) is 47.5 Å². The minimum atomic E-state index is 0.504. The van der Waals surface area contributed by atoms with Gasteiger partial charge in [-0.05, 0) is 48.2 Å². The van der Waals surface area contributed by atoms with Crippen molar-refractivity contribution in [2.24, 2.45) is 0 Å². The molecule has 0 atom stereocenters. The molecule has 4 aromatic rings. The quantitative estimate of drug-likeness (QED) is 0.378. The van der Waals surface area contributed by atoms with Crippen LogP contribution in [0.5, 0.6) is 0 Å². The van der Waals surface area contributed by atoms with Gasteiger partial charge in [-0.25, -0.2) is 9.97 Å². The van der Waals surface area contributed by atoms with E-state index < -0.39 is 0 Å². The molecule has 0 radical (unpaired) electrons. The lowest BCUT2D eigenvalue weighted by Gasteiger charge is -2.12. The van der Waals surface area contributed by atoms with Crippen LogP contribution in [-0.2, 0) is 13.1 Å². The standard InChI is InChI=1S/C22H22Cl2N6/c23-17-7-3-15(4-8-17)19-13-27-21(25)29(19)11-1-2-12-30-20(14-28-22(30)26)16-5-9-18(24)10-6-16/h3-10,13-14H,1-2,11-12H2,(H2,25,27)(H2,26,28). The number of hydrogen-bond acceptors (Lipinski definition) is 4. The van der Waals surface area contributed by atoms with Crippen molar-refractivity contribution >= 4 is 35.1 Å². The van der Waals surface area contributed by atoms with Crippen molar-refractivity contribution in [1.29, 1.82) is 0 Å². The maximum atomic E-state index is 6.10. The van der Waals surface area contributed by atoms with E-state index >= 15 is 0 Å². The molecule has 0 amide bonds. The van der Waals surface area contributed by atoms with Crippen molar-refractivity contribution in [3.63, 3.8) is 0 Å². The van der Waals surface area contributed by atoms with E-state index in [0.29, 0.717) is 21.9 Å². The van der Waals surface area contributed by atoms with Crippen molar-refractivity contribution < 1.29 is 0 Å². The zero-order valence-corrected chi connectivity index (χ0v) is 17.8. The number of rotatable bonds is 7. The highest BCUT2D eigenvalue weighted by Crippen LogP contribution is 2.26. The summed E-state index contributed by atoms with van der Waals surface area (Å²) in [4.78, 5) is 8.56. The summed E-state index contributed by atoms with van der Waals surface area (Å²) in [6.45, 7) is 1.52. The number of halogens is 2. The van der Waals surface area contributed by atoms with Gasteiger partial charge in [0.05, 0.1) is 23.8 Å². The number of benzene rings is 2. The van der Waals surface area contributed by atoms with Crippen LogP contribution in [0.25, 0.3) is 22.5 Å². The van der Waals surface area contributed by atoms with Crippen molar-refractivity contribution in [3.05, 3.63) is 71.0 Å². The summed E-state index contributed by atoms with van der Waals surface area (Å²) >= 11 is 12.0. The second-order valence-electron chi connectivity index (χ2n) is 7.03. The number of anilines is 2. The summed E-state index contributed by atoms with van der Waals surface area (Å²) in [7, 11) is 0. The average molecular weight is 441 g/mol. The summed E-state index contributed by atoms with van der Waals surface area (Å²) in [5, 5.41) is 1.40. The van der Waals surface area contributed by atoms with Gasteiger partial charge in [0.1, 0.15) is 0 Å². The Morgan fingerprint density at radius 3 is 1.37 bits per heavy atom. The molecule has 0 saturated carbocycles. The van der Waals surface area contributed by atoms with Gasteiger partial charge >= 0.3 is 0 Å². The van der Waals surface area contributed by atoms with E-state index in [1.165, 1.54) is 0 Å². The van der Waals surface area contributed by atoms with Crippen LogP contribution in [0.15, 0.2) is 60.9 Å². The predicted octanol–water partition coefficient (Wildman–Crippen LogP) is 5.37. The normalized spacial score (nSPS) is 11.1. The molecule has 0 spiro atoms. The third kappa shape index (κ3) is 4.30. The molecule has 4 rings (SSSR count). The molecule has 2 aromatic carbocycles. The second kappa shape index (κ2) is 8.81. The molecular formula is C22H22Cl2N6. The fraction of sp³-hybridized carbons (Fsp3) is 0.182. The summed E-state index contributed by atoms with van der Waals surface area (Å²) < 4.78 is 4.06. The number of nitrogen functional groups attached to an aromatic ring is 2. The third-order valence-electron chi connectivity index (χ3n) is 5.07. The zero-order valence-electron chi connectivity index (χ0n) is 16.3. The van der Waals surface area contributed by atoms with Gasteiger partial charge < -0.3 is 20.6 Å². The Hall–Kier alpha value is -2.96. The predicted molar refractivity (Wildman–Crippen MR) is 123 cm³/mol. The van der Waals surface area contributed by atoms with Gasteiger partial charge in [-0.2, -0.15) is 0 Å². The van der Waals surface area contributed by atoms with Gasteiger partial charge in [0, 0.05) is 23.1 Å². The van der Waals surface area contributed by atoms with Crippen LogP contribution in [0.1, 0.15) is 12.8 Å². The minimum absolute atomic E-state index is 0.504. The van der Waals surface area contributed by atoms with E-state index in [4.69, 9.17) is 34.7 Å². The Balaban J connectivity index is 1.43. The van der Waals surface area contributed by atoms with Crippen LogP contribution in [0.4, 0.5) is 11.9 Å². The monoisotopic (exact) mass is 440 g/mol. The van der Waals surface area contributed by atoms with Crippen LogP contribution in [0, 0.1) is 0 Å². The van der Waals surface area contributed by atoms with E-state index in [0.717, 1.165) is 48.4 Å². The van der Waals surface area contributed by atoms with Gasteiger partial charge in [0.25, 0.3) is 0 Å². The summed E-state index contributed by atoms with van der Waals surface area (Å²) in [5.41, 5.74) is 16.2. The summed E-state index contributed by atoms with van der Waals surface area (Å²) in [6, 6.07) is 15.4. The SMILES string of the molecule is Nc1ncc(-c2ccc(Cl)cc2)n1CCCCn1c(-c2ccc(Cl)cc2)cnc1N. The first-order valence-corrected chi connectivity index (χ1v) is 10.4. The zero-order chi connectivity index (χ0) is 21.1. The van der Waals surface area contributed by atoms with Crippen LogP contribution < -0.4 is 11.5 Å². The molecule has 4 N–H and O–H groups in total. The Morgan fingerprint density at radius 1 is 0.633 bits per heavy atom. The lowest BCUT2D eigenvalue weighted by Crippen LogP contribution is -2.08. The van der Waals surface area contributed by atoms with Crippen molar-refractivity contribution in [2.75, 3.05) is 11.5 Å². The molecule has 154 valence electrons. The van der Waals surface area contributed by atoms with Crippen LogP contribution in [-0.4, -0.2) is 19.1 Å². The van der Waals surface area contributed by atoms with E-state index in [-0.39, 0.29) is 0 Å². The molecule has 0 aliphatic heterocycles. The molecule has 30 heavy (non-hydrogen) atoms. The van der Waals surface area contributed by atoms with Crippen LogP contribution in [0.2, 0.25) is 10.0 Å². The highest BCUT2D eigenvalue weighted by Gasteiger charge is 2.12. The Labute approximate surface area is 185 Å². The first-order valence-electron chi connectivity index (χ1n) is 9.67. The second-order valence-corrected chi connectivity index (χ2v) is 7.90. The molecule has 0 unspecified atom stereocenters. The average Bonchev–Trinajstić information content (AvgIpc) is 3.29. The number of unbranched alkanes of at least 4 members (excludes halogenated alkanes) is 1. The number of imidazole rings is 2. The lowest BCUT2D eigenvalue weighted by molar-refractivity contribution is 0.564. The molecular weight excluding hydrogens is 419 g/mol.